The van der Waals surface area contributed by atoms with Crippen LogP contribution < -0.4 is 32.7 Å². The molecule has 0 aromatic heterocycles. The number of amides is 4. The molecule has 0 aromatic rings. The molecule has 2 heterocycles. The van der Waals surface area contributed by atoms with Crippen molar-refractivity contribution in [3.05, 3.63) is 11.8 Å². The molecule has 358 valence electrons. The highest BCUT2D eigenvalue weighted by molar-refractivity contribution is 5.81. The second-order valence-electron chi connectivity index (χ2n) is 19.5. The van der Waals surface area contributed by atoms with Crippen LogP contribution in [0.2, 0.25) is 0 Å². The quantitative estimate of drug-likeness (QED) is 0.0767. The highest BCUT2D eigenvalue weighted by Crippen LogP contribution is 2.38. The molecule has 2 fully saturated rings. The van der Waals surface area contributed by atoms with E-state index in [9.17, 15) is 39.6 Å². The van der Waals surface area contributed by atoms with E-state index in [2.05, 4.69) is 21.3 Å². The maximum Gasteiger partial charge on any atom is 0.410 e. The number of hydrogen-bond donors (Lipinski definition) is 10. The summed E-state index contributed by atoms with van der Waals surface area (Å²) >= 11 is 0. The zero-order valence-corrected chi connectivity index (χ0v) is 38.3. The van der Waals surface area contributed by atoms with E-state index >= 15 is 0 Å². The number of hydrogen-bond acceptors (Lipinski definition) is 17. The molecule has 1 saturated carbocycles. The summed E-state index contributed by atoms with van der Waals surface area (Å²) in [5.74, 6) is -1.49. The SMILES string of the molecule is CN(C(=O)OC(C)(C)C)[C@@H]1[C@@H](O)[C@@H](O[C@@H]2[C@@H](O)[C@H](C3OC(CN)=CC[C@H]3NCCCN)[C@@H](NC(=O)OC(C)(C)C)C[C@H]2NC(=O)[C@@H](O)CCNC(=O)OC(C)(C)C)OC[C@]1(C)O. The van der Waals surface area contributed by atoms with Gasteiger partial charge in [-0.3, -0.25) is 4.79 Å². The Bertz CT molecular complexity index is 1530. The Balaban J connectivity index is 2.07. The molecule has 12 N–H and O–H groups in total. The smallest absolute Gasteiger partial charge is 0.410 e. The van der Waals surface area contributed by atoms with Crippen molar-refractivity contribution < 1.29 is 68.0 Å². The Morgan fingerprint density at radius 2 is 1.52 bits per heavy atom. The van der Waals surface area contributed by atoms with Crippen LogP contribution in [-0.4, -0.2) is 173 Å². The first kappa shape index (κ1) is 52.8. The van der Waals surface area contributed by atoms with Crippen molar-refractivity contribution in [1.82, 2.24) is 26.2 Å². The molecule has 3 aliphatic rings. The van der Waals surface area contributed by atoms with Gasteiger partial charge in [0.2, 0.25) is 5.91 Å². The lowest BCUT2D eigenvalue weighted by Crippen LogP contribution is -2.71. The first-order chi connectivity index (χ1) is 28.6. The molecule has 1 aliphatic carbocycles. The van der Waals surface area contributed by atoms with Gasteiger partial charge >= 0.3 is 18.3 Å². The number of nitrogens with zero attached hydrogens (tertiary/aromatic N) is 1. The maximum absolute atomic E-state index is 13.7. The number of aliphatic hydroxyl groups excluding tert-OH is 3. The molecular formula is C41H75N7O14. The van der Waals surface area contributed by atoms with Crippen LogP contribution in [0, 0.1) is 5.92 Å². The minimum absolute atomic E-state index is 0.0346. The first-order valence-electron chi connectivity index (χ1n) is 21.3. The van der Waals surface area contributed by atoms with Crippen molar-refractivity contribution in [3.63, 3.8) is 0 Å². The number of likely N-dealkylation sites (N-methyl/N-ethyl adjacent to an activating group) is 1. The van der Waals surface area contributed by atoms with E-state index in [-0.39, 0.29) is 25.9 Å². The number of ether oxygens (including phenoxy) is 6. The molecule has 1 unspecified atom stereocenters. The average Bonchev–Trinajstić information content (AvgIpc) is 3.12. The Kier molecular flexibility index (Phi) is 18.6. The highest BCUT2D eigenvalue weighted by Gasteiger charge is 2.56. The summed E-state index contributed by atoms with van der Waals surface area (Å²) in [6.07, 6.45) is -8.89. The summed E-state index contributed by atoms with van der Waals surface area (Å²) in [5.41, 5.74) is 7.42. The van der Waals surface area contributed by atoms with Crippen molar-refractivity contribution in [2.75, 3.05) is 39.8 Å². The van der Waals surface area contributed by atoms with Gasteiger partial charge in [0.15, 0.2) is 6.29 Å². The molecule has 2 aliphatic heterocycles. The van der Waals surface area contributed by atoms with Crippen LogP contribution in [-0.2, 0) is 33.2 Å². The van der Waals surface area contributed by atoms with Gasteiger partial charge in [-0.2, -0.15) is 0 Å². The topological polar surface area (TPSA) is 308 Å². The van der Waals surface area contributed by atoms with E-state index in [0.29, 0.717) is 31.7 Å². The van der Waals surface area contributed by atoms with E-state index < -0.39 is 120 Å². The Morgan fingerprint density at radius 3 is 2.10 bits per heavy atom. The summed E-state index contributed by atoms with van der Waals surface area (Å²) in [4.78, 5) is 53.7. The maximum atomic E-state index is 13.7. The fourth-order valence-corrected chi connectivity index (χ4v) is 7.73. The van der Waals surface area contributed by atoms with Gasteiger partial charge in [0.25, 0.3) is 0 Å². The fourth-order valence-electron chi connectivity index (χ4n) is 7.73. The monoisotopic (exact) mass is 890 g/mol. The van der Waals surface area contributed by atoms with Gasteiger partial charge in [0.1, 0.15) is 52.6 Å². The summed E-state index contributed by atoms with van der Waals surface area (Å²) < 4.78 is 35.1. The van der Waals surface area contributed by atoms with E-state index in [1.807, 2.05) is 6.08 Å². The van der Waals surface area contributed by atoms with Gasteiger partial charge in [-0.25, -0.2) is 14.4 Å². The average molecular weight is 890 g/mol. The highest BCUT2D eigenvalue weighted by atomic mass is 16.7. The van der Waals surface area contributed by atoms with Crippen molar-refractivity contribution in [2.45, 2.75) is 178 Å². The number of aliphatic hydroxyl groups is 4. The summed E-state index contributed by atoms with van der Waals surface area (Å²) in [6.45, 7) is 16.9. The second-order valence-corrected chi connectivity index (χ2v) is 19.5. The summed E-state index contributed by atoms with van der Waals surface area (Å²) in [7, 11) is 1.35. The van der Waals surface area contributed by atoms with E-state index in [0.717, 1.165) is 4.90 Å². The van der Waals surface area contributed by atoms with Crippen molar-refractivity contribution in [2.24, 2.45) is 17.4 Å². The van der Waals surface area contributed by atoms with Crippen LogP contribution in [0.1, 0.15) is 94.9 Å². The van der Waals surface area contributed by atoms with Crippen LogP contribution in [0.25, 0.3) is 0 Å². The first-order valence-corrected chi connectivity index (χ1v) is 21.3. The van der Waals surface area contributed by atoms with Gasteiger partial charge in [0, 0.05) is 31.6 Å². The summed E-state index contributed by atoms with van der Waals surface area (Å²) in [6, 6.07) is -3.99. The molecular weight excluding hydrogens is 814 g/mol. The number of carbonyl (C=O) groups excluding carboxylic acids is 4. The minimum atomic E-state index is -1.81. The third kappa shape index (κ3) is 15.6. The molecule has 0 radical (unpaired) electrons. The van der Waals surface area contributed by atoms with Crippen molar-refractivity contribution in [3.8, 4) is 0 Å². The van der Waals surface area contributed by atoms with E-state index in [1.54, 1.807) is 62.3 Å². The van der Waals surface area contributed by atoms with Gasteiger partial charge in [-0.1, -0.05) is 0 Å². The normalized spacial score (nSPS) is 31.1. The molecule has 21 nitrogen and oxygen atoms in total. The number of carbonyl (C=O) groups is 4. The Labute approximate surface area is 365 Å². The summed E-state index contributed by atoms with van der Waals surface area (Å²) in [5, 5.41) is 58.4. The molecule has 0 aromatic carbocycles. The molecule has 4 amide bonds. The fraction of sp³-hybridized carbons (Fsp3) is 0.854. The third-order valence-electron chi connectivity index (χ3n) is 10.3. The molecule has 62 heavy (non-hydrogen) atoms. The molecule has 21 heteroatoms. The van der Waals surface area contributed by atoms with Crippen LogP contribution in [0.4, 0.5) is 14.4 Å². The molecule has 0 spiro atoms. The molecule has 1 saturated heterocycles. The third-order valence-corrected chi connectivity index (χ3v) is 10.3. The van der Waals surface area contributed by atoms with Gasteiger partial charge in [-0.05, 0) is 114 Å². The number of nitrogens with two attached hydrogens (primary N) is 2. The zero-order valence-electron chi connectivity index (χ0n) is 38.3. The van der Waals surface area contributed by atoms with E-state index in [1.165, 1.54) is 14.0 Å². The van der Waals surface area contributed by atoms with Gasteiger partial charge in [-0.15, -0.1) is 0 Å². The second kappa shape index (κ2) is 21.9. The van der Waals surface area contributed by atoms with Crippen LogP contribution in [0.5, 0.6) is 0 Å². The lowest BCUT2D eigenvalue weighted by Gasteiger charge is -2.52. The largest absolute Gasteiger partial charge is 0.492 e. The zero-order chi connectivity index (χ0) is 47.0. The molecule has 0 bridgehead atoms. The molecule has 12 atom stereocenters. The number of nitrogens with one attached hydrogen (secondary N) is 4. The van der Waals surface area contributed by atoms with Crippen molar-refractivity contribution in [1.29, 1.82) is 0 Å². The van der Waals surface area contributed by atoms with Crippen LogP contribution >= 0.6 is 0 Å². The van der Waals surface area contributed by atoms with Gasteiger partial charge < -0.3 is 86.5 Å². The minimum Gasteiger partial charge on any atom is -0.492 e. The number of rotatable bonds is 15. The predicted octanol–water partition coefficient (Wildman–Crippen LogP) is 0.0484. The van der Waals surface area contributed by atoms with Crippen molar-refractivity contribution >= 4 is 24.2 Å². The number of alkyl carbamates (subject to hydrolysis) is 2. The standard InChI is InChI=1S/C41H75N7O14/c1-38(2,3)60-35(53)45-18-15-26(49)33(52)46-25-19-24(47-36(54)61-39(4,5)6)27(30-23(44-17-12-16-42)14-13-22(20-43)58-30)28(50)31(25)59-34-29(51)32(41(10,56)21-57-34)48(11)37(55)62-40(7,8)9/h13,23-32,34,44,49-51,56H,12,14-21,42-43H2,1-11H3,(H,45,53)(H,46,52)(H,47,54)/t23-,24+,25-,26+,27-,28+,29-,30?,31+,32-,34-,41+/m1/s1. The van der Waals surface area contributed by atoms with Gasteiger partial charge in [0.05, 0.1) is 31.3 Å². The molecule has 3 rings (SSSR count). The van der Waals surface area contributed by atoms with E-state index in [4.69, 9.17) is 39.9 Å². The Hall–Kier alpha value is -3.54. The lowest BCUT2D eigenvalue weighted by molar-refractivity contribution is -0.305. The predicted molar refractivity (Wildman–Crippen MR) is 225 cm³/mol. The lowest BCUT2D eigenvalue weighted by atomic mass is 9.72. The van der Waals surface area contributed by atoms with Crippen LogP contribution in [0.3, 0.4) is 0 Å². The van der Waals surface area contributed by atoms with Crippen LogP contribution in [0.15, 0.2) is 11.8 Å². The Morgan fingerprint density at radius 1 is 0.903 bits per heavy atom.